The first kappa shape index (κ1) is 12.6. The Morgan fingerprint density at radius 1 is 1.53 bits per heavy atom. The van der Waals surface area contributed by atoms with Crippen LogP contribution in [0.2, 0.25) is 0 Å². The number of hydrogen-bond donors (Lipinski definition) is 1. The highest BCUT2D eigenvalue weighted by atomic mass is 16.3. The number of aryl methyl sites for hydroxylation is 1. The maximum absolute atomic E-state index is 5.74. The molecule has 2 N–H and O–H groups in total. The molecule has 2 heterocycles. The minimum atomic E-state index is 0.492. The van der Waals surface area contributed by atoms with E-state index in [0.29, 0.717) is 12.6 Å². The van der Waals surface area contributed by atoms with Gasteiger partial charge in [0.15, 0.2) is 0 Å². The van der Waals surface area contributed by atoms with Crippen LogP contribution in [0.25, 0.3) is 0 Å². The zero-order chi connectivity index (χ0) is 12.4. The van der Waals surface area contributed by atoms with E-state index in [9.17, 15) is 0 Å². The Kier molecular flexibility index (Phi) is 3.86. The van der Waals surface area contributed by atoms with E-state index < -0.39 is 0 Å². The molecular weight excluding hydrogens is 214 g/mol. The van der Waals surface area contributed by atoms with Gasteiger partial charge >= 0.3 is 0 Å². The first-order chi connectivity index (χ1) is 8.10. The smallest absolute Gasteiger partial charge is 0.120 e. The fourth-order valence-corrected chi connectivity index (χ4v) is 2.47. The predicted octanol–water partition coefficient (Wildman–Crippen LogP) is 1.18. The third-order valence-electron chi connectivity index (χ3n) is 3.61. The standard InChI is InChI=1S/C13H23N3O/c1-10-6-12(17-13(10)7-14)9-16-5-4-11(8-16)15(2)3/h6,11H,4-5,7-9,14H2,1-3H3. The van der Waals surface area contributed by atoms with Gasteiger partial charge in [0.2, 0.25) is 0 Å². The topological polar surface area (TPSA) is 45.6 Å². The van der Waals surface area contributed by atoms with Gasteiger partial charge in [0, 0.05) is 19.1 Å². The van der Waals surface area contributed by atoms with Crippen molar-refractivity contribution in [3.8, 4) is 0 Å². The number of nitrogens with two attached hydrogens (primary N) is 1. The first-order valence-corrected chi connectivity index (χ1v) is 6.27. The summed E-state index contributed by atoms with van der Waals surface area (Å²) < 4.78 is 5.74. The van der Waals surface area contributed by atoms with E-state index in [2.05, 4.69) is 36.9 Å². The van der Waals surface area contributed by atoms with Gasteiger partial charge in [-0.25, -0.2) is 0 Å². The van der Waals surface area contributed by atoms with Crippen molar-refractivity contribution in [3.05, 3.63) is 23.2 Å². The zero-order valence-electron chi connectivity index (χ0n) is 11.1. The molecule has 0 spiro atoms. The Hall–Kier alpha value is -0.840. The third kappa shape index (κ3) is 2.89. The molecule has 0 aliphatic carbocycles. The number of likely N-dealkylation sites (N-methyl/N-ethyl adjacent to an activating group) is 1. The molecule has 96 valence electrons. The van der Waals surface area contributed by atoms with Crippen molar-refractivity contribution in [1.82, 2.24) is 9.80 Å². The van der Waals surface area contributed by atoms with Gasteiger partial charge in [-0.05, 0) is 39.1 Å². The molecule has 1 aromatic rings. The molecule has 1 atom stereocenters. The van der Waals surface area contributed by atoms with Crippen molar-refractivity contribution >= 4 is 0 Å². The molecule has 0 bridgehead atoms. The van der Waals surface area contributed by atoms with Crippen LogP contribution in [-0.4, -0.2) is 43.0 Å². The monoisotopic (exact) mass is 237 g/mol. The van der Waals surface area contributed by atoms with Crippen molar-refractivity contribution < 1.29 is 4.42 Å². The van der Waals surface area contributed by atoms with Crippen LogP contribution in [0, 0.1) is 6.92 Å². The summed E-state index contributed by atoms with van der Waals surface area (Å²) in [6, 6.07) is 2.80. The highest BCUT2D eigenvalue weighted by molar-refractivity contribution is 5.19. The molecule has 1 saturated heterocycles. The summed E-state index contributed by atoms with van der Waals surface area (Å²) in [6.07, 6.45) is 1.25. The molecule has 0 saturated carbocycles. The molecule has 0 radical (unpaired) electrons. The fourth-order valence-electron chi connectivity index (χ4n) is 2.47. The second-order valence-electron chi connectivity index (χ2n) is 5.16. The zero-order valence-corrected chi connectivity index (χ0v) is 11.1. The van der Waals surface area contributed by atoms with Crippen LogP contribution >= 0.6 is 0 Å². The Labute approximate surface area is 103 Å². The van der Waals surface area contributed by atoms with Crippen LogP contribution in [0.4, 0.5) is 0 Å². The van der Waals surface area contributed by atoms with Crippen molar-refractivity contribution in [2.45, 2.75) is 32.5 Å². The second-order valence-corrected chi connectivity index (χ2v) is 5.16. The lowest BCUT2D eigenvalue weighted by Gasteiger charge is -2.19. The van der Waals surface area contributed by atoms with Crippen molar-refractivity contribution in [2.75, 3.05) is 27.2 Å². The highest BCUT2D eigenvalue weighted by Crippen LogP contribution is 2.19. The third-order valence-corrected chi connectivity index (χ3v) is 3.61. The van der Waals surface area contributed by atoms with E-state index >= 15 is 0 Å². The van der Waals surface area contributed by atoms with Gasteiger partial charge < -0.3 is 15.1 Å². The van der Waals surface area contributed by atoms with Gasteiger partial charge in [-0.3, -0.25) is 4.90 Å². The number of furan rings is 1. The molecule has 0 aromatic carbocycles. The lowest BCUT2D eigenvalue weighted by molar-refractivity contribution is 0.250. The quantitative estimate of drug-likeness (QED) is 0.854. The summed E-state index contributed by atoms with van der Waals surface area (Å²) in [5.74, 6) is 1.96. The lowest BCUT2D eigenvalue weighted by atomic mass is 10.2. The molecule has 1 unspecified atom stereocenters. The average Bonchev–Trinajstić information content (AvgIpc) is 2.86. The summed E-state index contributed by atoms with van der Waals surface area (Å²) >= 11 is 0. The molecule has 1 aliphatic rings. The molecule has 1 aliphatic heterocycles. The fraction of sp³-hybridized carbons (Fsp3) is 0.692. The van der Waals surface area contributed by atoms with Crippen LogP contribution in [0.15, 0.2) is 10.5 Å². The first-order valence-electron chi connectivity index (χ1n) is 6.27. The van der Waals surface area contributed by atoms with Crippen molar-refractivity contribution in [3.63, 3.8) is 0 Å². The van der Waals surface area contributed by atoms with Gasteiger partial charge in [-0.15, -0.1) is 0 Å². The van der Waals surface area contributed by atoms with Crippen LogP contribution in [0.1, 0.15) is 23.5 Å². The number of likely N-dealkylation sites (tertiary alicyclic amines) is 1. The number of rotatable bonds is 4. The molecule has 1 aromatic heterocycles. The van der Waals surface area contributed by atoms with Gasteiger partial charge in [-0.1, -0.05) is 0 Å². The van der Waals surface area contributed by atoms with Crippen LogP contribution < -0.4 is 5.73 Å². The highest BCUT2D eigenvalue weighted by Gasteiger charge is 2.24. The van der Waals surface area contributed by atoms with Crippen molar-refractivity contribution in [1.29, 1.82) is 0 Å². The van der Waals surface area contributed by atoms with Crippen LogP contribution in [0.5, 0.6) is 0 Å². The minimum Gasteiger partial charge on any atom is -0.463 e. The minimum absolute atomic E-state index is 0.492. The van der Waals surface area contributed by atoms with E-state index in [4.69, 9.17) is 10.2 Å². The summed E-state index contributed by atoms with van der Waals surface area (Å²) in [5, 5.41) is 0. The predicted molar refractivity (Wildman–Crippen MR) is 68.7 cm³/mol. The molecule has 17 heavy (non-hydrogen) atoms. The SMILES string of the molecule is Cc1cc(CN2CCC(N(C)C)C2)oc1CN. The van der Waals surface area contributed by atoms with Crippen molar-refractivity contribution in [2.24, 2.45) is 5.73 Å². The summed E-state index contributed by atoms with van der Waals surface area (Å²) in [4.78, 5) is 4.75. The Bertz CT molecular complexity index is 373. The van der Waals surface area contributed by atoms with Crippen LogP contribution in [0.3, 0.4) is 0 Å². The number of hydrogen-bond acceptors (Lipinski definition) is 4. The second kappa shape index (κ2) is 5.21. The van der Waals surface area contributed by atoms with Gasteiger partial charge in [-0.2, -0.15) is 0 Å². The van der Waals surface area contributed by atoms with Gasteiger partial charge in [0.1, 0.15) is 11.5 Å². The van der Waals surface area contributed by atoms with Crippen LogP contribution in [-0.2, 0) is 13.1 Å². The van der Waals surface area contributed by atoms with E-state index in [1.165, 1.54) is 12.0 Å². The summed E-state index contributed by atoms with van der Waals surface area (Å²) in [5.41, 5.74) is 6.79. The molecule has 1 fully saturated rings. The lowest BCUT2D eigenvalue weighted by Crippen LogP contribution is -2.31. The Balaban J connectivity index is 1.93. The molecule has 2 rings (SSSR count). The molecule has 4 heteroatoms. The summed E-state index contributed by atoms with van der Waals surface area (Å²) in [6.45, 7) is 5.74. The van der Waals surface area contributed by atoms with E-state index in [-0.39, 0.29) is 0 Å². The normalized spacial score (nSPS) is 21.6. The largest absolute Gasteiger partial charge is 0.463 e. The molecule has 4 nitrogen and oxygen atoms in total. The molecule has 0 amide bonds. The maximum Gasteiger partial charge on any atom is 0.120 e. The van der Waals surface area contributed by atoms with Gasteiger partial charge in [0.05, 0.1) is 13.1 Å². The van der Waals surface area contributed by atoms with E-state index in [1.54, 1.807) is 0 Å². The number of nitrogens with zero attached hydrogens (tertiary/aromatic N) is 2. The van der Waals surface area contributed by atoms with Gasteiger partial charge in [0.25, 0.3) is 0 Å². The maximum atomic E-state index is 5.74. The average molecular weight is 237 g/mol. The molecular formula is C13H23N3O. The van der Waals surface area contributed by atoms with E-state index in [1.807, 2.05) is 0 Å². The Morgan fingerprint density at radius 2 is 2.29 bits per heavy atom. The summed E-state index contributed by atoms with van der Waals surface area (Å²) in [7, 11) is 4.30. The van der Waals surface area contributed by atoms with E-state index in [0.717, 1.165) is 31.2 Å². The Morgan fingerprint density at radius 3 is 2.82 bits per heavy atom.